The van der Waals surface area contributed by atoms with Crippen LogP contribution in [0.2, 0.25) is 5.02 Å². The first kappa shape index (κ1) is 17.1. The summed E-state index contributed by atoms with van der Waals surface area (Å²) >= 11 is 6.12. The lowest BCUT2D eigenvalue weighted by molar-refractivity contribution is -0.116. The van der Waals surface area contributed by atoms with E-state index in [2.05, 4.69) is 10.3 Å². The van der Waals surface area contributed by atoms with E-state index in [-0.39, 0.29) is 5.91 Å². The van der Waals surface area contributed by atoms with Crippen molar-refractivity contribution in [1.29, 1.82) is 0 Å². The highest BCUT2D eigenvalue weighted by Crippen LogP contribution is 2.35. The van der Waals surface area contributed by atoms with Crippen LogP contribution in [-0.2, 0) is 11.3 Å². The molecule has 0 saturated carbocycles. The Bertz CT molecular complexity index is 908. The predicted molar refractivity (Wildman–Crippen MR) is 97.5 cm³/mol. The Morgan fingerprint density at radius 3 is 2.72 bits per heavy atom. The molecule has 0 fully saturated rings. The number of nitrogens with zero attached hydrogens (tertiary/aromatic N) is 2. The first-order chi connectivity index (χ1) is 12.1. The van der Waals surface area contributed by atoms with Gasteiger partial charge in [-0.05, 0) is 18.2 Å². The summed E-state index contributed by atoms with van der Waals surface area (Å²) in [7, 11) is 3.05. The second-order valence-electron chi connectivity index (χ2n) is 5.41. The molecule has 1 N–H and O–H groups in total. The molecule has 0 unspecified atom stereocenters. The summed E-state index contributed by atoms with van der Waals surface area (Å²) in [5, 5.41) is 3.23. The average Bonchev–Trinajstić information content (AvgIpc) is 3.03. The molecule has 7 heteroatoms. The van der Waals surface area contributed by atoms with E-state index >= 15 is 0 Å². The molecule has 0 aliphatic carbocycles. The fraction of sp³-hybridized carbons (Fsp3) is 0.222. The Morgan fingerprint density at radius 1 is 1.20 bits per heavy atom. The molecule has 130 valence electrons. The summed E-state index contributed by atoms with van der Waals surface area (Å²) in [4.78, 5) is 16.6. The Balaban J connectivity index is 1.69. The number of para-hydroxylation sites is 2. The number of benzene rings is 2. The number of methoxy groups -OCH3 is 2. The van der Waals surface area contributed by atoms with Gasteiger partial charge < -0.3 is 19.4 Å². The van der Waals surface area contributed by atoms with Crippen molar-refractivity contribution in [1.82, 2.24) is 9.55 Å². The normalized spacial score (nSPS) is 10.7. The molecule has 0 bridgehead atoms. The fourth-order valence-corrected chi connectivity index (χ4v) is 2.82. The number of imidazole rings is 1. The summed E-state index contributed by atoms with van der Waals surface area (Å²) < 4.78 is 12.4. The summed E-state index contributed by atoms with van der Waals surface area (Å²) in [6.07, 6.45) is 2.04. The Kier molecular flexibility index (Phi) is 5.09. The number of hydrogen-bond donors (Lipinski definition) is 1. The highest BCUT2D eigenvalue weighted by atomic mass is 35.5. The third-order valence-electron chi connectivity index (χ3n) is 3.86. The van der Waals surface area contributed by atoms with Gasteiger partial charge >= 0.3 is 0 Å². The molecular weight excluding hydrogens is 342 g/mol. The number of carbonyl (C=O) groups excluding carboxylic acids is 1. The van der Waals surface area contributed by atoms with Crippen LogP contribution in [0.4, 0.5) is 5.69 Å². The van der Waals surface area contributed by atoms with E-state index in [0.29, 0.717) is 35.2 Å². The molecule has 0 saturated heterocycles. The number of halogens is 1. The van der Waals surface area contributed by atoms with E-state index in [1.807, 2.05) is 28.8 Å². The Hall–Kier alpha value is -2.73. The van der Waals surface area contributed by atoms with E-state index in [4.69, 9.17) is 21.1 Å². The minimum absolute atomic E-state index is 0.141. The summed E-state index contributed by atoms with van der Waals surface area (Å²) in [5.74, 6) is 0.835. The van der Waals surface area contributed by atoms with E-state index in [1.54, 1.807) is 18.5 Å². The van der Waals surface area contributed by atoms with Gasteiger partial charge in [0.05, 0.1) is 42.3 Å². The van der Waals surface area contributed by atoms with Crippen LogP contribution in [0.5, 0.6) is 11.5 Å². The van der Waals surface area contributed by atoms with Crippen LogP contribution in [0.1, 0.15) is 6.42 Å². The van der Waals surface area contributed by atoms with Gasteiger partial charge in [-0.15, -0.1) is 0 Å². The topological polar surface area (TPSA) is 65.4 Å². The van der Waals surface area contributed by atoms with Crippen LogP contribution in [0.15, 0.2) is 42.7 Å². The molecule has 0 radical (unpaired) electrons. The largest absolute Gasteiger partial charge is 0.495 e. The number of ether oxygens (including phenoxy) is 2. The van der Waals surface area contributed by atoms with Gasteiger partial charge in [0.15, 0.2) is 0 Å². The zero-order valence-corrected chi connectivity index (χ0v) is 14.7. The van der Waals surface area contributed by atoms with Gasteiger partial charge in [0, 0.05) is 19.0 Å². The lowest BCUT2D eigenvalue weighted by atomic mass is 10.2. The maximum atomic E-state index is 12.3. The predicted octanol–water partition coefficient (Wildman–Crippen LogP) is 3.74. The quantitative estimate of drug-likeness (QED) is 0.728. The lowest BCUT2D eigenvalue weighted by Crippen LogP contribution is -2.15. The van der Waals surface area contributed by atoms with Crippen LogP contribution in [0.3, 0.4) is 0 Å². The number of anilines is 1. The number of aryl methyl sites for hydroxylation is 1. The molecule has 1 heterocycles. The first-order valence-corrected chi connectivity index (χ1v) is 8.11. The third kappa shape index (κ3) is 3.69. The Morgan fingerprint density at radius 2 is 1.96 bits per heavy atom. The lowest BCUT2D eigenvalue weighted by Gasteiger charge is -2.13. The Labute approximate surface area is 150 Å². The summed E-state index contributed by atoms with van der Waals surface area (Å²) in [6.45, 7) is 0.526. The van der Waals surface area contributed by atoms with Crippen molar-refractivity contribution in [2.45, 2.75) is 13.0 Å². The minimum atomic E-state index is -0.141. The maximum Gasteiger partial charge on any atom is 0.226 e. The van der Waals surface area contributed by atoms with Gasteiger partial charge in [-0.2, -0.15) is 0 Å². The number of aromatic nitrogens is 2. The van der Waals surface area contributed by atoms with Crippen molar-refractivity contribution in [3.63, 3.8) is 0 Å². The zero-order valence-electron chi connectivity index (χ0n) is 14.0. The maximum absolute atomic E-state index is 12.3. The second kappa shape index (κ2) is 7.44. The second-order valence-corrected chi connectivity index (χ2v) is 5.82. The van der Waals surface area contributed by atoms with Crippen LogP contribution < -0.4 is 14.8 Å². The molecule has 0 atom stereocenters. The molecule has 0 spiro atoms. The van der Waals surface area contributed by atoms with E-state index < -0.39 is 0 Å². The molecule has 3 rings (SSSR count). The monoisotopic (exact) mass is 359 g/mol. The van der Waals surface area contributed by atoms with E-state index in [1.165, 1.54) is 14.2 Å². The first-order valence-electron chi connectivity index (χ1n) is 7.73. The van der Waals surface area contributed by atoms with Crippen molar-refractivity contribution >= 4 is 34.2 Å². The summed E-state index contributed by atoms with van der Waals surface area (Å²) in [6, 6.07) is 11.1. The molecule has 25 heavy (non-hydrogen) atoms. The van der Waals surface area contributed by atoms with Gasteiger partial charge in [-0.25, -0.2) is 4.98 Å². The molecule has 0 aliphatic heterocycles. The van der Waals surface area contributed by atoms with Crippen LogP contribution in [-0.4, -0.2) is 29.7 Å². The zero-order chi connectivity index (χ0) is 17.8. The van der Waals surface area contributed by atoms with Crippen LogP contribution >= 0.6 is 11.6 Å². The molecular formula is C18H18ClN3O3. The number of carbonyl (C=O) groups is 1. The average molecular weight is 360 g/mol. The van der Waals surface area contributed by atoms with Crippen LogP contribution in [0, 0.1) is 0 Å². The summed E-state index contributed by atoms with van der Waals surface area (Å²) in [5.41, 5.74) is 2.42. The molecule has 1 amide bonds. The van der Waals surface area contributed by atoms with Crippen LogP contribution in [0.25, 0.3) is 11.0 Å². The smallest absolute Gasteiger partial charge is 0.226 e. The van der Waals surface area contributed by atoms with Gasteiger partial charge in [-0.3, -0.25) is 4.79 Å². The fourth-order valence-electron chi connectivity index (χ4n) is 2.58. The van der Waals surface area contributed by atoms with Crippen molar-refractivity contribution in [2.75, 3.05) is 19.5 Å². The van der Waals surface area contributed by atoms with Gasteiger partial charge in [0.2, 0.25) is 5.91 Å². The van der Waals surface area contributed by atoms with Gasteiger partial charge in [0.25, 0.3) is 0 Å². The third-order valence-corrected chi connectivity index (χ3v) is 4.15. The number of amides is 1. The molecule has 0 aliphatic rings. The SMILES string of the molecule is COc1cc(OC)c(NC(=O)CCn2cnc3ccccc32)cc1Cl. The van der Waals surface area contributed by atoms with E-state index in [0.717, 1.165) is 11.0 Å². The van der Waals surface area contributed by atoms with E-state index in [9.17, 15) is 4.79 Å². The number of hydrogen-bond acceptors (Lipinski definition) is 4. The minimum Gasteiger partial charge on any atom is -0.495 e. The van der Waals surface area contributed by atoms with Crippen molar-refractivity contribution in [3.05, 3.63) is 47.7 Å². The molecule has 1 aromatic heterocycles. The molecule has 3 aromatic rings. The number of nitrogens with one attached hydrogen (secondary N) is 1. The molecule has 2 aromatic carbocycles. The van der Waals surface area contributed by atoms with Gasteiger partial charge in [-0.1, -0.05) is 23.7 Å². The van der Waals surface area contributed by atoms with Crippen molar-refractivity contribution < 1.29 is 14.3 Å². The highest BCUT2D eigenvalue weighted by molar-refractivity contribution is 6.32. The number of rotatable bonds is 6. The van der Waals surface area contributed by atoms with Crippen molar-refractivity contribution in [2.24, 2.45) is 0 Å². The standard InChI is InChI=1S/C18H18ClN3O3/c1-24-16-10-17(25-2)14(9-12(16)19)21-18(23)7-8-22-11-20-13-5-3-4-6-15(13)22/h3-6,9-11H,7-8H2,1-2H3,(H,21,23). The van der Waals surface area contributed by atoms with Gasteiger partial charge in [0.1, 0.15) is 11.5 Å². The number of fused-ring (bicyclic) bond motifs is 1. The molecule has 6 nitrogen and oxygen atoms in total. The van der Waals surface area contributed by atoms with Crippen molar-refractivity contribution in [3.8, 4) is 11.5 Å². The highest BCUT2D eigenvalue weighted by Gasteiger charge is 2.13.